The van der Waals surface area contributed by atoms with Crippen molar-refractivity contribution >= 4 is 11.6 Å². The summed E-state index contributed by atoms with van der Waals surface area (Å²) >= 11 is 0. The van der Waals surface area contributed by atoms with Crippen molar-refractivity contribution in [1.82, 2.24) is 0 Å². The predicted molar refractivity (Wildman–Crippen MR) is 86.1 cm³/mol. The van der Waals surface area contributed by atoms with Crippen LogP contribution >= 0.6 is 0 Å². The summed E-state index contributed by atoms with van der Waals surface area (Å²) in [6, 6.07) is 0. The van der Waals surface area contributed by atoms with E-state index < -0.39 is 0 Å². The second-order valence-corrected chi connectivity index (χ2v) is 8.18. The molecule has 116 valence electrons. The zero-order chi connectivity index (χ0) is 15.7. The van der Waals surface area contributed by atoms with Gasteiger partial charge in [0.25, 0.3) is 0 Å². The van der Waals surface area contributed by atoms with E-state index in [4.69, 9.17) is 0 Å². The van der Waals surface area contributed by atoms with Crippen molar-refractivity contribution in [3.63, 3.8) is 0 Å². The summed E-state index contributed by atoms with van der Waals surface area (Å²) in [6.07, 6.45) is 10.5. The molecule has 0 aliphatic heterocycles. The van der Waals surface area contributed by atoms with Crippen molar-refractivity contribution in [3.05, 3.63) is 36.0 Å². The van der Waals surface area contributed by atoms with Crippen molar-refractivity contribution in [3.8, 4) is 0 Å². The first-order chi connectivity index (χ1) is 10.4. The third kappa shape index (κ3) is 1.61. The molecule has 4 aliphatic rings. The van der Waals surface area contributed by atoms with E-state index in [9.17, 15) is 9.59 Å². The van der Waals surface area contributed by atoms with Gasteiger partial charge < -0.3 is 0 Å². The van der Waals surface area contributed by atoms with Gasteiger partial charge in [0.15, 0.2) is 5.78 Å². The molecule has 0 unspecified atom stereocenters. The Morgan fingerprint density at radius 1 is 1.18 bits per heavy atom. The summed E-state index contributed by atoms with van der Waals surface area (Å²) in [4.78, 5) is 24.2. The fourth-order valence-corrected chi connectivity index (χ4v) is 5.98. The number of hydrogen-bond acceptors (Lipinski definition) is 2. The van der Waals surface area contributed by atoms with Crippen LogP contribution in [0.4, 0.5) is 0 Å². The highest BCUT2D eigenvalue weighted by atomic mass is 16.1. The number of rotatable bonds is 0. The van der Waals surface area contributed by atoms with Crippen LogP contribution in [0.15, 0.2) is 36.0 Å². The minimum Gasteiger partial charge on any atom is -0.299 e. The summed E-state index contributed by atoms with van der Waals surface area (Å²) in [5, 5.41) is 0. The van der Waals surface area contributed by atoms with E-state index in [2.05, 4.69) is 26.5 Å². The molecule has 0 aromatic rings. The number of allylic oxidation sites excluding steroid dienone is 5. The lowest BCUT2D eigenvalue weighted by molar-refractivity contribution is -0.131. The largest absolute Gasteiger partial charge is 0.299 e. The van der Waals surface area contributed by atoms with Gasteiger partial charge in [0.1, 0.15) is 5.78 Å². The molecule has 0 N–H and O–H groups in total. The second-order valence-electron chi connectivity index (χ2n) is 8.18. The lowest BCUT2D eigenvalue weighted by Crippen LogP contribution is -2.50. The topological polar surface area (TPSA) is 34.1 Å². The van der Waals surface area contributed by atoms with Gasteiger partial charge in [-0.2, -0.15) is 0 Å². The SMILES string of the molecule is C=C1C[C@H]2[C@H]3CCC(=O)[C@@]3(C)CC[C@@H]2[C@@]2(C)C=CC(=O)C=C12. The third-order valence-corrected chi connectivity index (χ3v) is 7.24. The van der Waals surface area contributed by atoms with Gasteiger partial charge in [0, 0.05) is 17.3 Å². The van der Waals surface area contributed by atoms with Crippen LogP contribution < -0.4 is 0 Å². The Kier molecular flexibility index (Phi) is 2.77. The number of ketones is 2. The van der Waals surface area contributed by atoms with E-state index in [0.717, 1.165) is 43.3 Å². The van der Waals surface area contributed by atoms with E-state index in [1.165, 1.54) is 0 Å². The second kappa shape index (κ2) is 4.31. The van der Waals surface area contributed by atoms with Crippen LogP contribution in [0.1, 0.15) is 46.0 Å². The standard InChI is InChI=1S/C20H24O2/c1-12-10-14-15-4-5-18(22)20(15,3)9-7-16(14)19(2)8-6-13(21)11-17(12)19/h6,8,11,14-16H,1,4-5,7,9-10H2,2-3H3/t14-,15+,16-,19+,20-/m0/s1. The Morgan fingerprint density at radius 2 is 1.95 bits per heavy atom. The predicted octanol–water partition coefficient (Wildman–Crippen LogP) is 4.03. The highest BCUT2D eigenvalue weighted by molar-refractivity contribution is 6.02. The molecular formula is C20H24O2. The molecule has 0 saturated heterocycles. The smallest absolute Gasteiger partial charge is 0.178 e. The van der Waals surface area contributed by atoms with E-state index in [0.29, 0.717) is 23.5 Å². The number of Topliss-reactive ketones (excluding diaryl/α,β-unsaturated/α-hetero) is 1. The lowest BCUT2D eigenvalue weighted by Gasteiger charge is -2.56. The summed E-state index contributed by atoms with van der Waals surface area (Å²) in [5.41, 5.74) is 2.09. The first kappa shape index (κ1) is 14.2. The molecule has 5 atom stereocenters. The molecule has 22 heavy (non-hydrogen) atoms. The molecule has 3 saturated carbocycles. The van der Waals surface area contributed by atoms with Crippen molar-refractivity contribution in [2.75, 3.05) is 0 Å². The molecule has 2 nitrogen and oxygen atoms in total. The number of fused-ring (bicyclic) bond motifs is 5. The highest BCUT2D eigenvalue weighted by Gasteiger charge is 2.59. The van der Waals surface area contributed by atoms with E-state index in [-0.39, 0.29) is 16.6 Å². The van der Waals surface area contributed by atoms with Crippen molar-refractivity contribution in [2.24, 2.45) is 28.6 Å². The average Bonchev–Trinajstić information content (AvgIpc) is 2.77. The summed E-state index contributed by atoms with van der Waals surface area (Å²) in [5.74, 6) is 2.14. The maximum atomic E-state index is 12.4. The Hall–Kier alpha value is -1.44. The molecular weight excluding hydrogens is 272 g/mol. The molecule has 0 aromatic heterocycles. The quantitative estimate of drug-likeness (QED) is 0.676. The van der Waals surface area contributed by atoms with Gasteiger partial charge in [-0.15, -0.1) is 0 Å². The monoisotopic (exact) mass is 296 g/mol. The minimum atomic E-state index is -0.104. The first-order valence-electron chi connectivity index (χ1n) is 8.53. The molecule has 4 rings (SSSR count). The van der Waals surface area contributed by atoms with Crippen LogP contribution in [0.25, 0.3) is 0 Å². The number of carbonyl (C=O) groups is 2. The maximum absolute atomic E-state index is 12.4. The Labute approximate surface area is 132 Å². The van der Waals surface area contributed by atoms with Crippen LogP contribution in [0.3, 0.4) is 0 Å². The van der Waals surface area contributed by atoms with Gasteiger partial charge in [-0.3, -0.25) is 9.59 Å². The zero-order valence-corrected chi connectivity index (χ0v) is 13.5. The molecule has 4 aliphatic carbocycles. The molecule has 0 spiro atoms. The van der Waals surface area contributed by atoms with Crippen molar-refractivity contribution < 1.29 is 9.59 Å². The van der Waals surface area contributed by atoms with Gasteiger partial charge in [0.2, 0.25) is 0 Å². The molecule has 3 fully saturated rings. The zero-order valence-electron chi connectivity index (χ0n) is 13.5. The summed E-state index contributed by atoms with van der Waals surface area (Å²) in [6.45, 7) is 8.75. The fourth-order valence-electron chi connectivity index (χ4n) is 5.98. The summed E-state index contributed by atoms with van der Waals surface area (Å²) in [7, 11) is 0. The minimum absolute atomic E-state index is 0.0686. The highest BCUT2D eigenvalue weighted by Crippen LogP contribution is 2.64. The van der Waals surface area contributed by atoms with Gasteiger partial charge in [-0.1, -0.05) is 32.1 Å². The maximum Gasteiger partial charge on any atom is 0.178 e. The average molecular weight is 296 g/mol. The van der Waals surface area contributed by atoms with Gasteiger partial charge in [-0.05, 0) is 61.2 Å². The Morgan fingerprint density at radius 3 is 2.73 bits per heavy atom. The molecule has 0 aromatic carbocycles. The number of carbonyl (C=O) groups excluding carboxylic acids is 2. The van der Waals surface area contributed by atoms with Crippen LogP contribution in [0.2, 0.25) is 0 Å². The van der Waals surface area contributed by atoms with Crippen LogP contribution in [-0.2, 0) is 9.59 Å². The first-order valence-corrected chi connectivity index (χ1v) is 8.53. The van der Waals surface area contributed by atoms with Crippen LogP contribution in [0.5, 0.6) is 0 Å². The number of hydrogen-bond donors (Lipinski definition) is 0. The van der Waals surface area contributed by atoms with Crippen LogP contribution in [0, 0.1) is 28.6 Å². The van der Waals surface area contributed by atoms with E-state index in [1.54, 1.807) is 12.2 Å². The van der Waals surface area contributed by atoms with E-state index >= 15 is 0 Å². The molecule has 2 heteroatoms. The Balaban J connectivity index is 1.78. The molecule has 0 bridgehead atoms. The fraction of sp³-hybridized carbons (Fsp3) is 0.600. The molecule has 0 amide bonds. The van der Waals surface area contributed by atoms with Gasteiger partial charge in [-0.25, -0.2) is 0 Å². The third-order valence-electron chi connectivity index (χ3n) is 7.24. The normalized spacial score (nSPS) is 46.9. The van der Waals surface area contributed by atoms with Crippen LogP contribution in [-0.4, -0.2) is 11.6 Å². The van der Waals surface area contributed by atoms with E-state index in [1.807, 2.05) is 0 Å². The van der Waals surface area contributed by atoms with Gasteiger partial charge >= 0.3 is 0 Å². The Bertz CT molecular complexity index is 653. The summed E-state index contributed by atoms with van der Waals surface area (Å²) < 4.78 is 0. The lowest BCUT2D eigenvalue weighted by atomic mass is 9.48. The van der Waals surface area contributed by atoms with Crippen molar-refractivity contribution in [1.29, 1.82) is 0 Å². The van der Waals surface area contributed by atoms with Gasteiger partial charge in [0.05, 0.1) is 0 Å². The molecule has 0 heterocycles. The van der Waals surface area contributed by atoms with Crippen molar-refractivity contribution in [2.45, 2.75) is 46.0 Å². The molecule has 0 radical (unpaired) electrons.